The summed E-state index contributed by atoms with van der Waals surface area (Å²) in [7, 11) is 0. The molecule has 1 aliphatic rings. The average Bonchev–Trinajstić information content (AvgIpc) is 2.35. The summed E-state index contributed by atoms with van der Waals surface area (Å²) >= 11 is 0. The number of nitro benzene ring substituents is 1. The third-order valence-corrected chi connectivity index (χ3v) is 2.17. The van der Waals surface area contributed by atoms with Crippen LogP contribution in [0, 0.1) is 10.1 Å². The molecule has 1 aliphatic heterocycles. The lowest BCUT2D eigenvalue weighted by molar-refractivity contribution is -0.385. The molecule has 96 valence electrons. The SMILES string of the molecule is O=C(O)COc1cc2c(cc1[N+](=O)[O-])OCCO2. The number of benzene rings is 1. The highest BCUT2D eigenvalue weighted by molar-refractivity contribution is 5.69. The van der Waals surface area contributed by atoms with Crippen LogP contribution in [-0.2, 0) is 4.79 Å². The maximum atomic E-state index is 10.8. The van der Waals surface area contributed by atoms with Gasteiger partial charge in [-0.2, -0.15) is 0 Å². The first-order valence-electron chi connectivity index (χ1n) is 5.00. The van der Waals surface area contributed by atoms with Gasteiger partial charge < -0.3 is 19.3 Å². The number of nitro groups is 1. The molecule has 0 saturated heterocycles. The normalized spacial score (nSPS) is 12.9. The molecule has 0 aliphatic carbocycles. The van der Waals surface area contributed by atoms with Gasteiger partial charge in [-0.25, -0.2) is 4.79 Å². The number of fused-ring (bicyclic) bond motifs is 1. The molecule has 18 heavy (non-hydrogen) atoms. The minimum Gasteiger partial charge on any atom is -0.486 e. The van der Waals surface area contributed by atoms with E-state index < -0.39 is 17.5 Å². The van der Waals surface area contributed by atoms with Gasteiger partial charge in [-0.3, -0.25) is 10.1 Å². The van der Waals surface area contributed by atoms with E-state index in [0.717, 1.165) is 6.07 Å². The van der Waals surface area contributed by atoms with Crippen molar-refractivity contribution in [2.24, 2.45) is 0 Å². The van der Waals surface area contributed by atoms with Gasteiger partial charge in [0.2, 0.25) is 5.75 Å². The van der Waals surface area contributed by atoms with Gasteiger partial charge in [0.15, 0.2) is 18.1 Å². The Balaban J connectivity index is 2.35. The fourth-order valence-corrected chi connectivity index (χ4v) is 1.46. The quantitative estimate of drug-likeness (QED) is 0.626. The lowest BCUT2D eigenvalue weighted by Crippen LogP contribution is -2.16. The van der Waals surface area contributed by atoms with E-state index in [2.05, 4.69) is 0 Å². The topological polar surface area (TPSA) is 108 Å². The molecule has 0 fully saturated rings. The van der Waals surface area contributed by atoms with Crippen LogP contribution in [0.1, 0.15) is 0 Å². The van der Waals surface area contributed by atoms with Crippen molar-refractivity contribution in [3.8, 4) is 17.2 Å². The molecular formula is C10H9NO7. The molecule has 0 saturated carbocycles. The van der Waals surface area contributed by atoms with Crippen molar-refractivity contribution in [1.82, 2.24) is 0 Å². The number of hydrogen-bond donors (Lipinski definition) is 1. The zero-order valence-corrected chi connectivity index (χ0v) is 9.12. The van der Waals surface area contributed by atoms with E-state index in [1.165, 1.54) is 6.07 Å². The predicted octanol–water partition coefficient (Wildman–Crippen LogP) is 0.829. The molecule has 1 aromatic carbocycles. The van der Waals surface area contributed by atoms with Gasteiger partial charge >= 0.3 is 11.7 Å². The zero-order valence-electron chi connectivity index (χ0n) is 9.12. The zero-order chi connectivity index (χ0) is 13.1. The molecule has 0 atom stereocenters. The third kappa shape index (κ3) is 2.42. The second-order valence-corrected chi connectivity index (χ2v) is 3.40. The number of hydrogen-bond acceptors (Lipinski definition) is 6. The number of rotatable bonds is 4. The van der Waals surface area contributed by atoms with Crippen LogP contribution in [0.2, 0.25) is 0 Å². The summed E-state index contributed by atoms with van der Waals surface area (Å²) in [5.41, 5.74) is -0.361. The smallest absolute Gasteiger partial charge is 0.341 e. The van der Waals surface area contributed by atoms with E-state index in [1.54, 1.807) is 0 Å². The number of aliphatic carboxylic acids is 1. The predicted molar refractivity (Wildman–Crippen MR) is 57.2 cm³/mol. The van der Waals surface area contributed by atoms with Gasteiger partial charge in [-0.15, -0.1) is 0 Å². The van der Waals surface area contributed by atoms with Crippen LogP contribution in [0.15, 0.2) is 12.1 Å². The van der Waals surface area contributed by atoms with Crippen molar-refractivity contribution in [3.63, 3.8) is 0 Å². The lowest BCUT2D eigenvalue weighted by atomic mass is 10.2. The standard InChI is InChI=1S/C10H9NO7/c12-10(13)5-18-7-4-9-8(16-1-2-17-9)3-6(7)11(14)15/h3-4H,1-2,5H2,(H,12,13). The first kappa shape index (κ1) is 12.0. The first-order chi connectivity index (χ1) is 8.58. The Hall–Kier alpha value is -2.51. The molecule has 1 heterocycles. The Morgan fingerprint density at radius 1 is 1.39 bits per heavy atom. The summed E-state index contributed by atoms with van der Waals surface area (Å²) in [5, 5.41) is 19.3. The number of carboxylic acid groups (broad SMARTS) is 1. The number of nitrogens with zero attached hydrogens (tertiary/aromatic N) is 1. The summed E-state index contributed by atoms with van der Waals surface area (Å²) in [5.74, 6) is -0.839. The van der Waals surface area contributed by atoms with Crippen molar-refractivity contribution >= 4 is 11.7 Å². The second kappa shape index (κ2) is 4.78. The van der Waals surface area contributed by atoms with E-state index in [1.807, 2.05) is 0 Å². The summed E-state index contributed by atoms with van der Waals surface area (Å²) < 4.78 is 15.3. The molecule has 1 aromatic rings. The van der Waals surface area contributed by atoms with E-state index in [4.69, 9.17) is 19.3 Å². The van der Waals surface area contributed by atoms with Crippen LogP contribution >= 0.6 is 0 Å². The Morgan fingerprint density at radius 3 is 2.56 bits per heavy atom. The van der Waals surface area contributed by atoms with E-state index in [0.29, 0.717) is 19.0 Å². The number of carbonyl (C=O) groups is 1. The van der Waals surface area contributed by atoms with Crippen molar-refractivity contribution in [1.29, 1.82) is 0 Å². The van der Waals surface area contributed by atoms with Crippen LogP contribution in [-0.4, -0.2) is 35.8 Å². The molecule has 2 rings (SSSR count). The monoisotopic (exact) mass is 255 g/mol. The Morgan fingerprint density at radius 2 is 2.00 bits per heavy atom. The molecule has 0 bridgehead atoms. The summed E-state index contributed by atoms with van der Waals surface area (Å²) in [6.45, 7) is -0.0385. The van der Waals surface area contributed by atoms with Gasteiger partial charge in [0.05, 0.1) is 11.0 Å². The van der Waals surface area contributed by atoms with Crippen molar-refractivity contribution in [2.75, 3.05) is 19.8 Å². The lowest BCUT2D eigenvalue weighted by Gasteiger charge is -2.18. The fraction of sp³-hybridized carbons (Fsp3) is 0.300. The Kier molecular flexibility index (Phi) is 3.18. The fourth-order valence-electron chi connectivity index (χ4n) is 1.46. The first-order valence-corrected chi connectivity index (χ1v) is 5.00. The highest BCUT2D eigenvalue weighted by Gasteiger charge is 2.23. The molecule has 0 spiro atoms. The molecule has 8 heteroatoms. The minimum atomic E-state index is -1.22. The maximum absolute atomic E-state index is 10.8. The van der Waals surface area contributed by atoms with Crippen LogP contribution < -0.4 is 14.2 Å². The highest BCUT2D eigenvalue weighted by Crippen LogP contribution is 2.40. The largest absolute Gasteiger partial charge is 0.486 e. The van der Waals surface area contributed by atoms with Crippen molar-refractivity contribution < 1.29 is 29.0 Å². The van der Waals surface area contributed by atoms with E-state index >= 15 is 0 Å². The van der Waals surface area contributed by atoms with E-state index in [9.17, 15) is 14.9 Å². The van der Waals surface area contributed by atoms with Crippen molar-refractivity contribution in [3.05, 3.63) is 22.2 Å². The molecule has 8 nitrogen and oxygen atoms in total. The van der Waals surface area contributed by atoms with Crippen LogP contribution in [0.25, 0.3) is 0 Å². The third-order valence-electron chi connectivity index (χ3n) is 2.17. The van der Waals surface area contributed by atoms with Crippen molar-refractivity contribution in [2.45, 2.75) is 0 Å². The molecular weight excluding hydrogens is 246 g/mol. The van der Waals surface area contributed by atoms with Gasteiger partial charge in [-0.1, -0.05) is 0 Å². The molecule has 0 unspecified atom stereocenters. The average molecular weight is 255 g/mol. The molecule has 0 aromatic heterocycles. The van der Waals surface area contributed by atoms with Gasteiger partial charge in [0.25, 0.3) is 0 Å². The Bertz CT molecular complexity index is 499. The summed E-state index contributed by atoms with van der Waals surface area (Å²) in [6.07, 6.45) is 0. The minimum absolute atomic E-state index is 0.161. The van der Waals surface area contributed by atoms with Gasteiger partial charge in [0, 0.05) is 6.07 Å². The summed E-state index contributed by atoms with van der Waals surface area (Å²) in [4.78, 5) is 20.6. The molecule has 0 amide bonds. The Labute approximate surface area is 101 Å². The van der Waals surface area contributed by atoms with E-state index in [-0.39, 0.29) is 17.2 Å². The van der Waals surface area contributed by atoms with Crippen LogP contribution in [0.5, 0.6) is 17.2 Å². The number of carboxylic acids is 1. The maximum Gasteiger partial charge on any atom is 0.341 e. The van der Waals surface area contributed by atoms with Gasteiger partial charge in [0.1, 0.15) is 13.2 Å². The van der Waals surface area contributed by atoms with Crippen LogP contribution in [0.4, 0.5) is 5.69 Å². The second-order valence-electron chi connectivity index (χ2n) is 3.40. The van der Waals surface area contributed by atoms with Crippen LogP contribution in [0.3, 0.4) is 0 Å². The highest BCUT2D eigenvalue weighted by atomic mass is 16.6. The summed E-state index contributed by atoms with van der Waals surface area (Å²) in [6, 6.07) is 2.42. The molecule has 1 N–H and O–H groups in total. The molecule has 0 radical (unpaired) electrons. The van der Waals surface area contributed by atoms with Gasteiger partial charge in [-0.05, 0) is 0 Å². The number of ether oxygens (including phenoxy) is 3.